The molecule has 0 amide bonds. The monoisotopic (exact) mass is 350 g/mol. The third-order valence-electron chi connectivity index (χ3n) is 4.90. The molecule has 130 valence electrons. The van der Waals surface area contributed by atoms with Gasteiger partial charge in [0.15, 0.2) is 11.5 Å². The summed E-state index contributed by atoms with van der Waals surface area (Å²) in [6.07, 6.45) is 1.72. The summed E-state index contributed by atoms with van der Waals surface area (Å²) >= 11 is 6.30. The maximum atomic E-state index is 12.6. The van der Waals surface area contributed by atoms with Crippen molar-refractivity contribution in [3.63, 3.8) is 0 Å². The number of benzene rings is 1. The molecule has 0 bridgehead atoms. The van der Waals surface area contributed by atoms with Gasteiger partial charge in [0.1, 0.15) is 6.10 Å². The highest BCUT2D eigenvalue weighted by atomic mass is 35.5. The highest BCUT2D eigenvalue weighted by Gasteiger charge is 2.61. The molecule has 0 saturated heterocycles. The Labute approximate surface area is 147 Å². The van der Waals surface area contributed by atoms with Gasteiger partial charge in [-0.2, -0.15) is 0 Å². The number of halogens is 1. The molecule has 0 radical (unpaired) electrons. The first-order valence-corrected chi connectivity index (χ1v) is 8.54. The summed E-state index contributed by atoms with van der Waals surface area (Å²) in [5.74, 6) is 1.20. The van der Waals surface area contributed by atoms with E-state index in [-0.39, 0.29) is 30.0 Å². The average molecular weight is 351 g/mol. The van der Waals surface area contributed by atoms with Crippen LogP contribution in [0.5, 0.6) is 11.5 Å². The third-order valence-corrected chi connectivity index (χ3v) is 5.23. The smallest absolute Gasteiger partial charge is 0.310 e. The van der Waals surface area contributed by atoms with E-state index < -0.39 is 6.10 Å². The fraction of sp³-hybridized carbons (Fsp3) is 0.526. The van der Waals surface area contributed by atoms with E-state index in [1.807, 2.05) is 20.8 Å². The molecule has 2 aliphatic rings. The molecule has 0 aromatic heterocycles. The van der Waals surface area contributed by atoms with Gasteiger partial charge in [-0.25, -0.2) is 0 Å². The van der Waals surface area contributed by atoms with Gasteiger partial charge in [-0.05, 0) is 38.2 Å². The van der Waals surface area contributed by atoms with Crippen molar-refractivity contribution >= 4 is 17.6 Å². The Morgan fingerprint density at radius 1 is 1.33 bits per heavy atom. The molecule has 1 aromatic carbocycles. The fourth-order valence-electron chi connectivity index (χ4n) is 3.35. The van der Waals surface area contributed by atoms with E-state index in [0.29, 0.717) is 16.5 Å². The highest BCUT2D eigenvalue weighted by Crippen LogP contribution is 2.60. The van der Waals surface area contributed by atoms with Crippen LogP contribution >= 0.6 is 11.6 Å². The van der Waals surface area contributed by atoms with Crippen molar-refractivity contribution in [2.75, 3.05) is 6.79 Å². The van der Waals surface area contributed by atoms with Gasteiger partial charge in [-0.3, -0.25) is 4.79 Å². The van der Waals surface area contributed by atoms with Crippen LogP contribution in [0.4, 0.5) is 0 Å². The maximum Gasteiger partial charge on any atom is 0.310 e. The Morgan fingerprint density at radius 2 is 1.96 bits per heavy atom. The van der Waals surface area contributed by atoms with Crippen molar-refractivity contribution in [1.82, 2.24) is 0 Å². The molecule has 5 heteroatoms. The van der Waals surface area contributed by atoms with E-state index in [1.165, 1.54) is 5.57 Å². The van der Waals surface area contributed by atoms with Crippen LogP contribution in [0.25, 0.3) is 0 Å². The quantitative estimate of drug-likeness (QED) is 0.571. The molecular weight excluding hydrogens is 328 g/mol. The molecule has 4 nitrogen and oxygen atoms in total. The molecule has 1 aliphatic heterocycles. The Hall–Kier alpha value is -1.68. The molecule has 0 unspecified atom stereocenters. The normalized spacial score (nSPS) is 24.2. The first-order valence-electron chi connectivity index (χ1n) is 8.16. The lowest BCUT2D eigenvalue weighted by Gasteiger charge is -2.16. The van der Waals surface area contributed by atoms with Crippen LogP contribution in [-0.2, 0) is 9.53 Å². The largest absolute Gasteiger partial charge is 0.457 e. The molecule has 1 aliphatic carbocycles. The molecule has 1 aromatic rings. The summed E-state index contributed by atoms with van der Waals surface area (Å²) in [6.45, 7) is 10.3. The number of carbonyl (C=O) groups excluding carboxylic acids is 1. The van der Waals surface area contributed by atoms with E-state index in [0.717, 1.165) is 5.56 Å². The van der Waals surface area contributed by atoms with Crippen LogP contribution in [0.3, 0.4) is 0 Å². The first-order chi connectivity index (χ1) is 11.2. The summed E-state index contributed by atoms with van der Waals surface area (Å²) in [5.41, 5.74) is 1.88. The number of esters is 1. The van der Waals surface area contributed by atoms with Crippen LogP contribution in [-0.4, -0.2) is 12.8 Å². The molecule has 0 spiro atoms. The molecule has 0 N–H and O–H groups in total. The zero-order valence-corrected chi connectivity index (χ0v) is 15.4. The highest BCUT2D eigenvalue weighted by molar-refractivity contribution is 6.31. The van der Waals surface area contributed by atoms with Gasteiger partial charge < -0.3 is 14.2 Å². The molecule has 1 fully saturated rings. The number of fused-ring (bicyclic) bond motifs is 1. The molecular formula is C19H23ClO4. The lowest BCUT2D eigenvalue weighted by molar-refractivity contribution is -0.151. The lowest BCUT2D eigenvalue weighted by atomic mass is 10.1. The minimum atomic E-state index is -0.441. The zero-order chi connectivity index (χ0) is 17.6. The molecule has 3 atom stereocenters. The van der Waals surface area contributed by atoms with Crippen molar-refractivity contribution in [1.29, 1.82) is 0 Å². The van der Waals surface area contributed by atoms with E-state index in [9.17, 15) is 4.79 Å². The second kappa shape index (κ2) is 5.99. The van der Waals surface area contributed by atoms with Gasteiger partial charge in [0, 0.05) is 11.6 Å². The van der Waals surface area contributed by atoms with Gasteiger partial charge in [-0.1, -0.05) is 37.1 Å². The summed E-state index contributed by atoms with van der Waals surface area (Å²) in [4.78, 5) is 12.6. The maximum absolute atomic E-state index is 12.6. The topological polar surface area (TPSA) is 44.8 Å². The van der Waals surface area contributed by atoms with E-state index in [2.05, 4.69) is 19.9 Å². The second-order valence-electron chi connectivity index (χ2n) is 7.37. The van der Waals surface area contributed by atoms with Crippen LogP contribution in [0.15, 0.2) is 23.8 Å². The number of hydrogen-bond donors (Lipinski definition) is 0. The molecule has 24 heavy (non-hydrogen) atoms. The summed E-state index contributed by atoms with van der Waals surface area (Å²) < 4.78 is 16.4. The second-order valence-corrected chi connectivity index (χ2v) is 7.78. The molecule has 3 rings (SSSR count). The van der Waals surface area contributed by atoms with Crippen molar-refractivity contribution in [2.45, 2.75) is 40.7 Å². The minimum absolute atomic E-state index is 0.0627. The Kier molecular flexibility index (Phi) is 4.28. The van der Waals surface area contributed by atoms with Crippen molar-refractivity contribution in [3.8, 4) is 11.5 Å². The van der Waals surface area contributed by atoms with Crippen LogP contribution in [0, 0.1) is 17.3 Å². The summed E-state index contributed by atoms with van der Waals surface area (Å²) in [6, 6.07) is 3.49. The zero-order valence-electron chi connectivity index (χ0n) is 14.7. The van der Waals surface area contributed by atoms with Gasteiger partial charge in [0.25, 0.3) is 0 Å². The van der Waals surface area contributed by atoms with E-state index >= 15 is 0 Å². The van der Waals surface area contributed by atoms with Crippen molar-refractivity contribution < 1.29 is 19.0 Å². The van der Waals surface area contributed by atoms with Crippen molar-refractivity contribution in [2.24, 2.45) is 17.3 Å². The predicted molar refractivity (Wildman–Crippen MR) is 92.3 cm³/mol. The third kappa shape index (κ3) is 3.00. The van der Waals surface area contributed by atoms with E-state index in [1.54, 1.807) is 12.1 Å². The number of ether oxygens (including phenoxy) is 3. The minimum Gasteiger partial charge on any atom is -0.457 e. The van der Waals surface area contributed by atoms with Gasteiger partial charge in [-0.15, -0.1) is 0 Å². The standard InChI is InChI=1S/C19H23ClO4/c1-10(2)6-13-17(19(13,4)5)18(21)24-11(3)12-7-15-16(8-14(12)20)23-9-22-15/h6-8,11,13,17H,9H2,1-5H3/t11-,13-,17-/m0/s1. The van der Waals surface area contributed by atoms with Gasteiger partial charge >= 0.3 is 5.97 Å². The predicted octanol–water partition coefficient (Wildman–Crippen LogP) is 4.91. The van der Waals surface area contributed by atoms with Crippen LogP contribution in [0.1, 0.15) is 46.3 Å². The SMILES string of the molecule is CC(C)=C[C@H]1[C@@H](C(=O)O[C@@H](C)c2cc3c(cc2Cl)OCO3)C1(C)C. The van der Waals surface area contributed by atoms with E-state index in [4.69, 9.17) is 25.8 Å². The Bertz CT molecular complexity index is 704. The number of hydrogen-bond acceptors (Lipinski definition) is 4. The van der Waals surface area contributed by atoms with Crippen LogP contribution < -0.4 is 9.47 Å². The first kappa shape index (κ1) is 17.2. The fourth-order valence-corrected chi connectivity index (χ4v) is 3.66. The van der Waals surface area contributed by atoms with Crippen molar-refractivity contribution in [3.05, 3.63) is 34.4 Å². The summed E-state index contributed by atoms with van der Waals surface area (Å²) in [7, 11) is 0. The number of rotatable bonds is 4. The number of carbonyl (C=O) groups is 1. The Balaban J connectivity index is 1.73. The summed E-state index contributed by atoms with van der Waals surface area (Å²) in [5, 5.41) is 0.510. The average Bonchev–Trinajstić information content (AvgIpc) is 2.82. The van der Waals surface area contributed by atoms with Gasteiger partial charge in [0.05, 0.1) is 10.9 Å². The van der Waals surface area contributed by atoms with Gasteiger partial charge in [0.2, 0.25) is 6.79 Å². The molecule has 1 heterocycles. The Morgan fingerprint density at radius 3 is 2.58 bits per heavy atom. The molecule has 1 saturated carbocycles. The lowest BCUT2D eigenvalue weighted by Crippen LogP contribution is -2.14. The van der Waals surface area contributed by atoms with Crippen LogP contribution in [0.2, 0.25) is 5.02 Å². The number of allylic oxidation sites excluding steroid dienone is 2.